The number of nitrogens with zero attached hydrogens (tertiary/aromatic N) is 2. The van der Waals surface area contributed by atoms with Crippen LogP contribution in [0.2, 0.25) is 10.0 Å². The molecule has 1 N–H and O–H groups in total. The van der Waals surface area contributed by atoms with Crippen LogP contribution in [0.4, 0.5) is 0 Å². The third kappa shape index (κ3) is 6.46. The number of benzene rings is 2. The molecule has 3 aromatic rings. The Labute approximate surface area is 216 Å². The third-order valence-corrected chi connectivity index (χ3v) is 7.41. The van der Waals surface area contributed by atoms with Crippen molar-refractivity contribution in [2.45, 2.75) is 25.7 Å². The first-order chi connectivity index (χ1) is 16.9. The lowest BCUT2D eigenvalue weighted by atomic mass is 9.81. The van der Waals surface area contributed by atoms with Crippen molar-refractivity contribution in [3.05, 3.63) is 69.8 Å². The molecule has 1 saturated heterocycles. The van der Waals surface area contributed by atoms with Gasteiger partial charge in [0.15, 0.2) is 0 Å². The van der Waals surface area contributed by atoms with E-state index >= 15 is 0 Å². The van der Waals surface area contributed by atoms with E-state index in [9.17, 15) is 9.90 Å². The van der Waals surface area contributed by atoms with Gasteiger partial charge in [0.05, 0.1) is 35.1 Å². The van der Waals surface area contributed by atoms with Crippen molar-refractivity contribution < 1.29 is 14.6 Å². The van der Waals surface area contributed by atoms with Crippen molar-refractivity contribution in [3.63, 3.8) is 0 Å². The van der Waals surface area contributed by atoms with E-state index in [4.69, 9.17) is 27.9 Å². The number of rotatable bonds is 7. The summed E-state index contributed by atoms with van der Waals surface area (Å²) in [7, 11) is 1.66. The van der Waals surface area contributed by atoms with E-state index in [1.54, 1.807) is 19.2 Å². The lowest BCUT2D eigenvalue weighted by molar-refractivity contribution is -0.146. The molecule has 4 rings (SSSR count). The maximum Gasteiger partial charge on any atom is 0.308 e. The summed E-state index contributed by atoms with van der Waals surface area (Å²) in [6.45, 7) is 1.90. The molecule has 1 aliphatic heterocycles. The number of aliphatic carboxylic acids is 1. The molecule has 1 fully saturated rings. The number of ether oxygens (including phenoxy) is 1. The molecule has 182 valence electrons. The van der Waals surface area contributed by atoms with Crippen molar-refractivity contribution in [2.75, 3.05) is 26.7 Å². The number of carboxylic acids is 1. The number of methoxy groups -OCH3 is 1. The number of hydrogen-bond acceptors (Lipinski definition) is 4. The first-order valence-corrected chi connectivity index (χ1v) is 12.5. The molecule has 5 nitrogen and oxygen atoms in total. The van der Waals surface area contributed by atoms with Gasteiger partial charge in [-0.15, -0.1) is 0 Å². The molecule has 2 aromatic carbocycles. The average Bonchev–Trinajstić information content (AvgIpc) is 2.86. The summed E-state index contributed by atoms with van der Waals surface area (Å²) in [6.07, 6.45) is 5.39. The number of aromatic nitrogens is 1. The molecule has 35 heavy (non-hydrogen) atoms. The zero-order chi connectivity index (χ0) is 24.8. The fourth-order valence-corrected chi connectivity index (χ4v) is 5.04. The fourth-order valence-electron chi connectivity index (χ4n) is 4.75. The number of piperidine rings is 1. The van der Waals surface area contributed by atoms with Crippen molar-refractivity contribution in [1.29, 1.82) is 0 Å². The van der Waals surface area contributed by atoms with E-state index < -0.39 is 5.97 Å². The SMILES string of the molecule is COc1ccc2nccc(CCC[C@@H]3CCN(CC#Cc4ccc(Cl)c(Cl)c4)C[C@@H]3C(=O)O)c2c1. The molecule has 0 bridgehead atoms. The Balaban J connectivity index is 1.34. The smallest absolute Gasteiger partial charge is 0.308 e. The fraction of sp³-hybridized carbons (Fsp3) is 0.357. The quantitative estimate of drug-likeness (QED) is 0.398. The minimum Gasteiger partial charge on any atom is -0.497 e. The summed E-state index contributed by atoms with van der Waals surface area (Å²) in [5.41, 5.74) is 2.96. The van der Waals surface area contributed by atoms with E-state index in [0.29, 0.717) is 23.1 Å². The predicted octanol–water partition coefficient (Wildman–Crippen LogP) is 5.95. The van der Waals surface area contributed by atoms with E-state index in [1.165, 1.54) is 5.56 Å². The minimum atomic E-state index is -0.726. The van der Waals surface area contributed by atoms with Crippen LogP contribution in [0.3, 0.4) is 0 Å². The van der Waals surface area contributed by atoms with Crippen LogP contribution in [0.15, 0.2) is 48.7 Å². The second-order valence-electron chi connectivity index (χ2n) is 8.90. The molecule has 0 radical (unpaired) electrons. The highest BCUT2D eigenvalue weighted by Crippen LogP contribution is 2.30. The molecule has 0 aliphatic carbocycles. The van der Waals surface area contributed by atoms with Crippen LogP contribution in [-0.4, -0.2) is 47.7 Å². The number of carbonyl (C=O) groups is 1. The normalized spacial score (nSPS) is 18.1. The van der Waals surface area contributed by atoms with Gasteiger partial charge in [0, 0.05) is 23.7 Å². The lowest BCUT2D eigenvalue weighted by Gasteiger charge is -2.35. The number of carboxylic acid groups (broad SMARTS) is 1. The van der Waals surface area contributed by atoms with Crippen LogP contribution in [0.5, 0.6) is 5.75 Å². The Kier molecular flexibility index (Phi) is 8.51. The summed E-state index contributed by atoms with van der Waals surface area (Å²) in [5, 5.41) is 12.0. The Bertz CT molecular complexity index is 1270. The molecular weight excluding hydrogens is 483 g/mol. The average molecular weight is 511 g/mol. The summed E-state index contributed by atoms with van der Waals surface area (Å²) in [6, 6.07) is 13.3. The molecule has 0 unspecified atom stereocenters. The maximum atomic E-state index is 12.0. The highest BCUT2D eigenvalue weighted by Gasteiger charge is 2.33. The maximum absolute atomic E-state index is 12.0. The molecule has 7 heteroatoms. The van der Waals surface area contributed by atoms with E-state index in [1.807, 2.05) is 36.5 Å². The van der Waals surface area contributed by atoms with Crippen LogP contribution < -0.4 is 4.74 Å². The molecule has 1 aliphatic rings. The van der Waals surface area contributed by atoms with Gasteiger partial charge in [-0.25, -0.2) is 0 Å². The molecule has 0 amide bonds. The summed E-state index contributed by atoms with van der Waals surface area (Å²) >= 11 is 12.0. The number of hydrogen-bond donors (Lipinski definition) is 1. The van der Waals surface area contributed by atoms with Crippen LogP contribution in [0, 0.1) is 23.7 Å². The second kappa shape index (κ2) is 11.8. The highest BCUT2D eigenvalue weighted by atomic mass is 35.5. The van der Waals surface area contributed by atoms with Gasteiger partial charge < -0.3 is 9.84 Å². The number of fused-ring (bicyclic) bond motifs is 1. The number of likely N-dealkylation sites (tertiary alicyclic amines) is 1. The van der Waals surface area contributed by atoms with Crippen LogP contribution in [0.1, 0.15) is 30.4 Å². The van der Waals surface area contributed by atoms with Gasteiger partial charge in [0.1, 0.15) is 5.75 Å². The van der Waals surface area contributed by atoms with Crippen LogP contribution >= 0.6 is 23.2 Å². The van der Waals surface area contributed by atoms with E-state index in [2.05, 4.69) is 21.7 Å². The zero-order valence-corrected chi connectivity index (χ0v) is 21.1. The number of halogens is 2. The van der Waals surface area contributed by atoms with E-state index in [0.717, 1.165) is 54.4 Å². The zero-order valence-electron chi connectivity index (χ0n) is 19.6. The second-order valence-corrected chi connectivity index (χ2v) is 9.72. The number of aryl methyl sites for hydroxylation is 1. The Hall–Kier alpha value is -2.78. The minimum absolute atomic E-state index is 0.161. The number of pyridine rings is 1. The monoisotopic (exact) mass is 510 g/mol. The van der Waals surface area contributed by atoms with Gasteiger partial charge in [0.25, 0.3) is 0 Å². The van der Waals surface area contributed by atoms with Gasteiger partial charge in [-0.3, -0.25) is 14.7 Å². The van der Waals surface area contributed by atoms with Crippen molar-refractivity contribution in [2.24, 2.45) is 11.8 Å². The Morgan fingerprint density at radius 2 is 2.06 bits per heavy atom. The van der Waals surface area contributed by atoms with Crippen LogP contribution in [0.25, 0.3) is 10.9 Å². The highest BCUT2D eigenvalue weighted by molar-refractivity contribution is 6.42. The van der Waals surface area contributed by atoms with Crippen molar-refractivity contribution >= 4 is 40.1 Å². The summed E-state index contributed by atoms with van der Waals surface area (Å²) < 4.78 is 5.37. The van der Waals surface area contributed by atoms with Crippen molar-refractivity contribution in [3.8, 4) is 17.6 Å². The molecule has 0 saturated carbocycles. The third-order valence-electron chi connectivity index (χ3n) is 6.67. The Morgan fingerprint density at radius 1 is 1.20 bits per heavy atom. The van der Waals surface area contributed by atoms with Gasteiger partial charge in [-0.05, 0) is 86.2 Å². The molecular formula is C28H28Cl2N2O3. The molecule has 1 aromatic heterocycles. The molecule has 2 atom stereocenters. The van der Waals surface area contributed by atoms with Gasteiger partial charge >= 0.3 is 5.97 Å². The summed E-state index contributed by atoms with van der Waals surface area (Å²) in [4.78, 5) is 18.6. The standard InChI is InChI=1S/C28H28Cl2N2O3/c1-35-22-8-10-27-23(17-22)20(11-13-31-27)5-2-6-21-12-15-32(18-24(21)28(33)34)14-3-4-19-7-9-25(29)26(30)16-19/h7-11,13,16-17,21,24H,2,5-6,12,14-15,18H2,1H3,(H,33,34)/t21-,24+/m1/s1. The van der Waals surface area contributed by atoms with Gasteiger partial charge in [0.2, 0.25) is 0 Å². The largest absolute Gasteiger partial charge is 0.497 e. The van der Waals surface area contributed by atoms with E-state index in [-0.39, 0.29) is 11.8 Å². The molecule has 2 heterocycles. The van der Waals surface area contributed by atoms with Gasteiger partial charge in [-0.1, -0.05) is 35.0 Å². The first kappa shape index (κ1) is 25.3. The van der Waals surface area contributed by atoms with Crippen LogP contribution in [-0.2, 0) is 11.2 Å². The Morgan fingerprint density at radius 3 is 2.83 bits per heavy atom. The topological polar surface area (TPSA) is 62.7 Å². The molecule has 0 spiro atoms. The van der Waals surface area contributed by atoms with Gasteiger partial charge in [-0.2, -0.15) is 0 Å². The lowest BCUT2D eigenvalue weighted by Crippen LogP contribution is -2.44. The van der Waals surface area contributed by atoms with Crippen molar-refractivity contribution in [1.82, 2.24) is 9.88 Å². The predicted molar refractivity (Wildman–Crippen MR) is 140 cm³/mol. The first-order valence-electron chi connectivity index (χ1n) is 11.8. The summed E-state index contributed by atoms with van der Waals surface area (Å²) in [5.74, 6) is 6.11.